The molecule has 2 aliphatic heterocycles. The van der Waals surface area contributed by atoms with Gasteiger partial charge >= 0.3 is 0 Å². The summed E-state index contributed by atoms with van der Waals surface area (Å²) in [5.74, 6) is 1.85. The average molecular weight is 351 g/mol. The van der Waals surface area contributed by atoms with Crippen molar-refractivity contribution in [1.29, 1.82) is 0 Å². The molecule has 130 valence electrons. The lowest BCUT2D eigenvalue weighted by molar-refractivity contribution is 0.289. The number of hydrogen-bond donors (Lipinski definition) is 1. The van der Waals surface area contributed by atoms with Gasteiger partial charge in [-0.05, 0) is 19.3 Å². The number of imidazole rings is 1. The van der Waals surface area contributed by atoms with Crippen LogP contribution in [0.15, 0.2) is 12.5 Å². The van der Waals surface area contributed by atoms with Gasteiger partial charge in [-0.1, -0.05) is 0 Å². The molecule has 0 amide bonds. The zero-order chi connectivity index (χ0) is 16.7. The van der Waals surface area contributed by atoms with Crippen molar-refractivity contribution in [2.24, 2.45) is 7.05 Å². The van der Waals surface area contributed by atoms with Gasteiger partial charge in [0, 0.05) is 32.7 Å². The molecule has 9 nitrogen and oxygen atoms in total. The second-order valence-electron chi connectivity index (χ2n) is 6.35. The number of anilines is 1. The third-order valence-corrected chi connectivity index (χ3v) is 6.88. The maximum absolute atomic E-state index is 12.1. The quantitative estimate of drug-likeness (QED) is 0.848. The van der Waals surface area contributed by atoms with E-state index >= 15 is 0 Å². The van der Waals surface area contributed by atoms with Crippen LogP contribution in [-0.2, 0) is 17.1 Å². The highest BCUT2D eigenvalue weighted by Crippen LogP contribution is 2.27. The maximum Gasteiger partial charge on any atom is 0.227 e. The van der Waals surface area contributed by atoms with Gasteiger partial charge in [0.05, 0.1) is 18.3 Å². The van der Waals surface area contributed by atoms with E-state index in [1.54, 1.807) is 16.8 Å². The highest BCUT2D eigenvalue weighted by atomic mass is 32.2. The molecule has 2 saturated heterocycles. The molecule has 0 aliphatic carbocycles. The van der Waals surface area contributed by atoms with Crippen molar-refractivity contribution in [2.45, 2.75) is 25.3 Å². The Morgan fingerprint density at radius 1 is 1.21 bits per heavy atom. The summed E-state index contributed by atoms with van der Waals surface area (Å²) in [6.07, 6.45) is 5.74. The van der Waals surface area contributed by atoms with E-state index in [1.807, 2.05) is 11.6 Å². The number of aromatic nitrogens is 5. The van der Waals surface area contributed by atoms with Crippen molar-refractivity contribution in [3.8, 4) is 11.5 Å². The third kappa shape index (κ3) is 2.59. The average Bonchev–Trinajstić information content (AvgIpc) is 3.27. The summed E-state index contributed by atoms with van der Waals surface area (Å²) in [7, 11) is -1.10. The Morgan fingerprint density at radius 2 is 2.00 bits per heavy atom. The van der Waals surface area contributed by atoms with Crippen LogP contribution in [0.5, 0.6) is 0 Å². The molecule has 2 aromatic rings. The Balaban J connectivity index is 1.47. The second kappa shape index (κ2) is 5.85. The van der Waals surface area contributed by atoms with Gasteiger partial charge < -0.3 is 9.88 Å². The maximum atomic E-state index is 12.1. The van der Waals surface area contributed by atoms with Gasteiger partial charge in [-0.3, -0.25) is 4.57 Å². The van der Waals surface area contributed by atoms with Gasteiger partial charge in [0.2, 0.25) is 16.0 Å². The van der Waals surface area contributed by atoms with Gasteiger partial charge in [-0.15, -0.1) is 10.2 Å². The number of piperidine rings is 1. The number of aromatic amines is 1. The minimum absolute atomic E-state index is 0.119. The van der Waals surface area contributed by atoms with Crippen molar-refractivity contribution in [2.75, 3.05) is 30.3 Å². The third-order valence-electron chi connectivity index (χ3n) is 4.88. The summed E-state index contributed by atoms with van der Waals surface area (Å²) >= 11 is 0. The van der Waals surface area contributed by atoms with Crippen LogP contribution >= 0.6 is 0 Å². The number of nitrogens with zero attached hydrogens (tertiary/aromatic N) is 6. The summed E-state index contributed by atoms with van der Waals surface area (Å²) in [6.45, 7) is 2.23. The molecule has 0 saturated carbocycles. The standard InChI is InChI=1S/C14H21N7O2S/c1-19-13(12-9-15-10-16-12)17-18-14(19)20-6-3-11(4-7-20)21-5-2-8-24(21,22)23/h9-11H,2-8H2,1H3,(H,15,16). The fraction of sp³-hybridized carbons (Fsp3) is 0.643. The monoisotopic (exact) mass is 351 g/mol. The Kier molecular flexibility index (Phi) is 3.80. The molecule has 0 atom stereocenters. The minimum atomic E-state index is -3.03. The van der Waals surface area contributed by atoms with E-state index in [9.17, 15) is 8.42 Å². The van der Waals surface area contributed by atoms with Gasteiger partial charge in [0.15, 0.2) is 5.82 Å². The molecule has 0 bridgehead atoms. The number of sulfonamides is 1. The first-order chi connectivity index (χ1) is 11.6. The molecule has 2 fully saturated rings. The fourth-order valence-corrected chi connectivity index (χ4v) is 5.43. The SMILES string of the molecule is Cn1c(-c2cnc[nH]2)nnc1N1CCC(N2CCCS2(=O)=O)CC1. The fourth-order valence-electron chi connectivity index (χ4n) is 3.63. The van der Waals surface area contributed by atoms with E-state index in [2.05, 4.69) is 25.1 Å². The van der Waals surface area contributed by atoms with Crippen LogP contribution < -0.4 is 4.90 Å². The van der Waals surface area contributed by atoms with Crippen molar-refractivity contribution < 1.29 is 8.42 Å². The number of H-pyrrole nitrogens is 1. The first kappa shape index (κ1) is 15.6. The van der Waals surface area contributed by atoms with Crippen LogP contribution in [0.4, 0.5) is 5.95 Å². The van der Waals surface area contributed by atoms with Crippen LogP contribution in [0.1, 0.15) is 19.3 Å². The zero-order valence-electron chi connectivity index (χ0n) is 13.6. The van der Waals surface area contributed by atoms with Crippen LogP contribution in [0.2, 0.25) is 0 Å². The molecule has 10 heteroatoms. The Hall–Kier alpha value is -1.94. The largest absolute Gasteiger partial charge is 0.342 e. The van der Waals surface area contributed by atoms with Gasteiger partial charge in [-0.2, -0.15) is 4.31 Å². The van der Waals surface area contributed by atoms with E-state index in [0.717, 1.165) is 49.8 Å². The van der Waals surface area contributed by atoms with E-state index in [1.165, 1.54) is 0 Å². The van der Waals surface area contributed by atoms with E-state index in [-0.39, 0.29) is 6.04 Å². The zero-order valence-corrected chi connectivity index (χ0v) is 14.4. The highest BCUT2D eigenvalue weighted by molar-refractivity contribution is 7.89. The van der Waals surface area contributed by atoms with Crippen LogP contribution in [0.3, 0.4) is 0 Å². The van der Waals surface area contributed by atoms with Gasteiger partial charge in [0.25, 0.3) is 0 Å². The first-order valence-electron chi connectivity index (χ1n) is 8.19. The molecule has 2 aliphatic rings. The topological polar surface area (TPSA) is 100 Å². The predicted molar refractivity (Wildman–Crippen MR) is 88.9 cm³/mol. The molecule has 0 unspecified atom stereocenters. The van der Waals surface area contributed by atoms with Crippen LogP contribution in [0.25, 0.3) is 11.5 Å². The minimum Gasteiger partial charge on any atom is -0.342 e. The van der Waals surface area contributed by atoms with E-state index in [4.69, 9.17) is 0 Å². The van der Waals surface area contributed by atoms with Crippen molar-refractivity contribution in [3.05, 3.63) is 12.5 Å². The molecular weight excluding hydrogens is 330 g/mol. The summed E-state index contributed by atoms with van der Waals surface area (Å²) < 4.78 is 27.8. The van der Waals surface area contributed by atoms with Crippen LogP contribution in [0, 0.1) is 0 Å². The van der Waals surface area contributed by atoms with Crippen LogP contribution in [-0.4, -0.2) is 68.9 Å². The molecule has 2 aromatic heterocycles. The molecule has 0 aromatic carbocycles. The van der Waals surface area contributed by atoms with Crippen molar-refractivity contribution in [1.82, 2.24) is 29.0 Å². The molecule has 24 heavy (non-hydrogen) atoms. The summed E-state index contributed by atoms with van der Waals surface area (Å²) in [5, 5.41) is 8.55. The molecule has 4 rings (SSSR count). The second-order valence-corrected chi connectivity index (χ2v) is 8.39. The van der Waals surface area contributed by atoms with E-state index in [0.29, 0.717) is 12.3 Å². The summed E-state index contributed by atoms with van der Waals surface area (Å²) in [4.78, 5) is 9.23. The van der Waals surface area contributed by atoms with Crippen molar-refractivity contribution in [3.63, 3.8) is 0 Å². The predicted octanol–water partition coefficient (Wildman–Crippen LogP) is 0.210. The highest BCUT2D eigenvalue weighted by Gasteiger charge is 2.36. The molecule has 1 N–H and O–H groups in total. The van der Waals surface area contributed by atoms with Gasteiger partial charge in [0.1, 0.15) is 5.69 Å². The Bertz CT molecular complexity index is 806. The lowest BCUT2D eigenvalue weighted by Crippen LogP contribution is -2.46. The molecule has 4 heterocycles. The number of hydrogen-bond acceptors (Lipinski definition) is 6. The van der Waals surface area contributed by atoms with E-state index < -0.39 is 10.0 Å². The number of rotatable bonds is 3. The lowest BCUT2D eigenvalue weighted by Gasteiger charge is -2.36. The van der Waals surface area contributed by atoms with Crippen molar-refractivity contribution >= 4 is 16.0 Å². The lowest BCUT2D eigenvalue weighted by atomic mass is 10.1. The molecule has 0 radical (unpaired) electrons. The first-order valence-corrected chi connectivity index (χ1v) is 9.80. The molecular formula is C14H21N7O2S. The summed E-state index contributed by atoms with van der Waals surface area (Å²) in [5.41, 5.74) is 0.828. The smallest absolute Gasteiger partial charge is 0.227 e. The Labute approximate surface area is 140 Å². The number of nitrogens with one attached hydrogen (secondary N) is 1. The Morgan fingerprint density at radius 3 is 2.62 bits per heavy atom. The summed E-state index contributed by atoms with van der Waals surface area (Å²) in [6, 6.07) is 0.119. The molecule has 0 spiro atoms. The normalized spacial score (nSPS) is 22.3. The van der Waals surface area contributed by atoms with Gasteiger partial charge in [-0.25, -0.2) is 13.4 Å².